The molecule has 3 heterocycles. The van der Waals surface area contributed by atoms with E-state index in [0.29, 0.717) is 30.0 Å². The van der Waals surface area contributed by atoms with Crippen LogP contribution in [0, 0.1) is 0 Å². The lowest BCUT2D eigenvalue weighted by atomic mass is 10.2. The highest BCUT2D eigenvalue weighted by molar-refractivity contribution is 9.10. The average Bonchev–Trinajstić information content (AvgIpc) is 3.52. The van der Waals surface area contributed by atoms with E-state index in [1.54, 1.807) is 17.6 Å². The molecule has 0 unspecified atom stereocenters. The fraction of sp³-hybridized carbons (Fsp3) is 0.227. The second-order valence-corrected chi connectivity index (χ2v) is 10.3. The van der Waals surface area contributed by atoms with Gasteiger partial charge in [-0.15, -0.1) is 0 Å². The normalized spacial score (nSPS) is 15.0. The van der Waals surface area contributed by atoms with Crippen LogP contribution in [0.3, 0.4) is 0 Å². The van der Waals surface area contributed by atoms with Gasteiger partial charge >= 0.3 is 0 Å². The van der Waals surface area contributed by atoms with Gasteiger partial charge in [-0.05, 0) is 60.9 Å². The number of imidazole rings is 1. The Morgan fingerprint density at radius 2 is 1.81 bits per heavy atom. The number of aromatic nitrogens is 3. The number of rotatable bonds is 5. The molecule has 0 amide bonds. The van der Waals surface area contributed by atoms with Gasteiger partial charge in [-0.1, -0.05) is 15.9 Å². The molecule has 1 fully saturated rings. The molecule has 2 aromatic heterocycles. The topological polar surface area (TPSA) is 91.1 Å². The Kier molecular flexibility index (Phi) is 5.11. The first-order valence-corrected chi connectivity index (χ1v) is 12.2. The molecule has 31 heavy (non-hydrogen) atoms. The van der Waals surface area contributed by atoms with Crippen molar-refractivity contribution in [3.05, 3.63) is 53.1 Å². The smallest absolute Gasteiger partial charge is 0.245 e. The van der Waals surface area contributed by atoms with E-state index in [-0.39, 0.29) is 4.90 Å². The summed E-state index contributed by atoms with van der Waals surface area (Å²) >= 11 is 3.47. The molecule has 1 aliphatic heterocycles. The molecule has 0 bridgehead atoms. The van der Waals surface area contributed by atoms with Crippen LogP contribution in [0.2, 0.25) is 0 Å². The van der Waals surface area contributed by atoms with Crippen LogP contribution in [0.1, 0.15) is 12.8 Å². The van der Waals surface area contributed by atoms with Crippen LogP contribution in [-0.2, 0) is 10.0 Å². The van der Waals surface area contributed by atoms with Gasteiger partial charge in [0.25, 0.3) is 0 Å². The highest BCUT2D eigenvalue weighted by Crippen LogP contribution is 2.37. The maximum Gasteiger partial charge on any atom is 0.245 e. The van der Waals surface area contributed by atoms with Crippen molar-refractivity contribution in [2.45, 2.75) is 17.7 Å². The third-order valence-corrected chi connectivity index (χ3v) is 8.07. The van der Waals surface area contributed by atoms with Crippen LogP contribution < -0.4 is 4.74 Å². The molecule has 1 saturated heterocycles. The van der Waals surface area contributed by atoms with Gasteiger partial charge in [-0.3, -0.25) is 0 Å². The SMILES string of the molecule is COc1ccc(-c2cnc(-c3[nH]c4ccc(Br)cc4c3S(=O)(=O)N3CCCC3)[nH]2)cc1. The second kappa shape index (κ2) is 7.81. The second-order valence-electron chi connectivity index (χ2n) is 7.50. The van der Waals surface area contributed by atoms with Gasteiger partial charge < -0.3 is 14.7 Å². The average molecular weight is 501 g/mol. The molecule has 2 N–H and O–H groups in total. The Balaban J connectivity index is 1.66. The molecule has 0 saturated carbocycles. The number of sulfonamides is 1. The van der Waals surface area contributed by atoms with Crippen LogP contribution in [-0.4, -0.2) is 47.9 Å². The third kappa shape index (κ3) is 3.56. The number of hydrogen-bond donors (Lipinski definition) is 2. The van der Waals surface area contributed by atoms with E-state index in [1.807, 2.05) is 42.5 Å². The highest BCUT2D eigenvalue weighted by Gasteiger charge is 2.33. The predicted molar refractivity (Wildman–Crippen MR) is 124 cm³/mol. The van der Waals surface area contributed by atoms with Gasteiger partial charge in [-0.2, -0.15) is 4.31 Å². The van der Waals surface area contributed by atoms with Crippen molar-refractivity contribution in [2.24, 2.45) is 0 Å². The fourth-order valence-corrected chi connectivity index (χ4v) is 6.21. The molecule has 160 valence electrons. The Morgan fingerprint density at radius 3 is 2.52 bits per heavy atom. The van der Waals surface area contributed by atoms with Gasteiger partial charge in [0.15, 0.2) is 5.82 Å². The van der Waals surface area contributed by atoms with E-state index in [9.17, 15) is 8.42 Å². The lowest BCUT2D eigenvalue weighted by Gasteiger charge is -2.16. The Morgan fingerprint density at radius 1 is 1.06 bits per heavy atom. The summed E-state index contributed by atoms with van der Waals surface area (Å²) in [7, 11) is -2.05. The van der Waals surface area contributed by atoms with Crippen LogP contribution in [0.4, 0.5) is 0 Å². The molecule has 4 aromatic rings. The van der Waals surface area contributed by atoms with Crippen molar-refractivity contribution >= 4 is 36.9 Å². The van der Waals surface area contributed by atoms with Gasteiger partial charge in [0, 0.05) is 28.5 Å². The number of methoxy groups -OCH3 is 1. The van der Waals surface area contributed by atoms with Crippen molar-refractivity contribution in [1.29, 1.82) is 0 Å². The summed E-state index contributed by atoms with van der Waals surface area (Å²) in [6.07, 6.45) is 3.47. The first-order valence-electron chi connectivity index (χ1n) is 9.98. The molecule has 0 aliphatic carbocycles. The molecule has 2 aromatic carbocycles. The first-order chi connectivity index (χ1) is 15.0. The molecule has 5 rings (SSSR count). The Hall–Kier alpha value is -2.62. The summed E-state index contributed by atoms with van der Waals surface area (Å²) in [4.78, 5) is 11.3. The molecule has 9 heteroatoms. The van der Waals surface area contributed by atoms with Gasteiger partial charge in [0.1, 0.15) is 16.3 Å². The molecular formula is C22H21BrN4O3S. The minimum atomic E-state index is -3.68. The van der Waals surface area contributed by atoms with E-state index in [2.05, 4.69) is 30.9 Å². The number of benzene rings is 2. The number of fused-ring (bicyclic) bond motifs is 1. The van der Waals surface area contributed by atoms with Crippen LogP contribution in [0.5, 0.6) is 5.75 Å². The monoisotopic (exact) mass is 500 g/mol. The highest BCUT2D eigenvalue weighted by atomic mass is 79.9. The number of halogens is 1. The number of hydrogen-bond acceptors (Lipinski definition) is 4. The van der Waals surface area contributed by atoms with E-state index in [4.69, 9.17) is 4.74 Å². The van der Waals surface area contributed by atoms with Gasteiger partial charge in [-0.25, -0.2) is 13.4 Å². The van der Waals surface area contributed by atoms with Crippen LogP contribution in [0.25, 0.3) is 33.7 Å². The standard InChI is InChI=1S/C22H21BrN4O3S/c1-30-16-7-4-14(5-8-16)19-13-24-22(26-19)20-21(31(28,29)27-10-2-3-11-27)17-12-15(23)6-9-18(17)25-20/h4-9,12-13,25H,2-3,10-11H2,1H3,(H,24,26). The fourth-order valence-electron chi connectivity index (χ4n) is 4.00. The molecule has 0 spiro atoms. The maximum absolute atomic E-state index is 13.6. The van der Waals surface area contributed by atoms with Crippen molar-refractivity contribution in [3.63, 3.8) is 0 Å². The molecule has 1 aliphatic rings. The summed E-state index contributed by atoms with van der Waals surface area (Å²) in [5.41, 5.74) is 2.95. The zero-order valence-electron chi connectivity index (χ0n) is 16.9. The number of ether oxygens (including phenoxy) is 1. The quantitative estimate of drug-likeness (QED) is 0.412. The van der Waals surface area contributed by atoms with E-state index >= 15 is 0 Å². The number of H-pyrrole nitrogens is 2. The Labute approximate surface area is 188 Å². The molecule has 0 radical (unpaired) electrons. The summed E-state index contributed by atoms with van der Waals surface area (Å²) in [6.45, 7) is 1.08. The van der Waals surface area contributed by atoms with E-state index < -0.39 is 10.0 Å². The summed E-state index contributed by atoms with van der Waals surface area (Å²) in [5.74, 6) is 1.25. The van der Waals surface area contributed by atoms with Crippen LogP contribution >= 0.6 is 15.9 Å². The van der Waals surface area contributed by atoms with E-state index in [1.165, 1.54) is 0 Å². The number of nitrogens with zero attached hydrogens (tertiary/aromatic N) is 2. The molecule has 7 nitrogen and oxygen atoms in total. The van der Waals surface area contributed by atoms with Crippen molar-refractivity contribution in [1.82, 2.24) is 19.3 Å². The Bertz CT molecular complexity index is 1350. The first kappa shape index (κ1) is 20.3. The third-order valence-electron chi connectivity index (χ3n) is 5.59. The molecular weight excluding hydrogens is 480 g/mol. The lowest BCUT2D eigenvalue weighted by Crippen LogP contribution is -2.28. The summed E-state index contributed by atoms with van der Waals surface area (Å²) in [5, 5.41) is 0.652. The van der Waals surface area contributed by atoms with E-state index in [0.717, 1.165) is 39.8 Å². The van der Waals surface area contributed by atoms with Crippen LogP contribution in [0.15, 0.2) is 58.0 Å². The van der Waals surface area contributed by atoms with Crippen molar-refractivity contribution in [3.8, 4) is 28.5 Å². The lowest BCUT2D eigenvalue weighted by molar-refractivity contribution is 0.415. The minimum Gasteiger partial charge on any atom is -0.497 e. The van der Waals surface area contributed by atoms with Gasteiger partial charge in [0.05, 0.1) is 19.0 Å². The largest absolute Gasteiger partial charge is 0.497 e. The van der Waals surface area contributed by atoms with Crippen molar-refractivity contribution in [2.75, 3.05) is 20.2 Å². The number of nitrogens with one attached hydrogen (secondary N) is 2. The molecule has 0 atom stereocenters. The zero-order chi connectivity index (χ0) is 21.6. The predicted octanol–water partition coefficient (Wildman–Crippen LogP) is 4.78. The van der Waals surface area contributed by atoms with Gasteiger partial charge in [0.2, 0.25) is 10.0 Å². The van der Waals surface area contributed by atoms with Crippen molar-refractivity contribution < 1.29 is 13.2 Å². The zero-order valence-corrected chi connectivity index (χ0v) is 19.3. The number of aromatic amines is 2. The summed E-state index contributed by atoms with van der Waals surface area (Å²) < 4.78 is 34.8. The summed E-state index contributed by atoms with van der Waals surface area (Å²) in [6, 6.07) is 13.2. The minimum absolute atomic E-state index is 0.265. The maximum atomic E-state index is 13.6.